The summed E-state index contributed by atoms with van der Waals surface area (Å²) < 4.78 is 36.1. The van der Waals surface area contributed by atoms with E-state index in [1.807, 2.05) is 0 Å². The summed E-state index contributed by atoms with van der Waals surface area (Å²) in [6.07, 6.45) is 1.76. The molecule has 1 aromatic heterocycles. The number of halogens is 1. The predicted octanol–water partition coefficient (Wildman–Crippen LogP) is 3.09. The average Bonchev–Trinajstić information content (AvgIpc) is 3.18. The van der Waals surface area contributed by atoms with Gasteiger partial charge in [-0.2, -0.15) is 4.31 Å². The summed E-state index contributed by atoms with van der Waals surface area (Å²) in [6, 6.07) is 8.88. The first-order valence-corrected chi connectivity index (χ1v) is 10.1. The third kappa shape index (κ3) is 2.88. The quantitative estimate of drug-likeness (QED) is 0.458. The third-order valence-electron chi connectivity index (χ3n) is 5.04. The first-order chi connectivity index (χ1) is 13.4. The van der Waals surface area contributed by atoms with Crippen LogP contribution in [-0.4, -0.2) is 49.6 Å². The highest BCUT2D eigenvalue weighted by Crippen LogP contribution is 2.63. The molecule has 3 aromatic rings. The highest BCUT2D eigenvalue weighted by atomic mass is 32.3. The summed E-state index contributed by atoms with van der Waals surface area (Å²) in [5.74, 6) is -0.723. The first kappa shape index (κ1) is 18.9. The van der Waals surface area contributed by atoms with E-state index in [0.29, 0.717) is 16.0 Å². The fourth-order valence-corrected chi connectivity index (χ4v) is 5.48. The molecule has 9 heteroatoms. The minimum absolute atomic E-state index is 0.250. The lowest BCUT2D eigenvalue weighted by Crippen LogP contribution is -2.37. The van der Waals surface area contributed by atoms with E-state index in [0.717, 1.165) is 16.5 Å². The number of rotatable bonds is 4. The number of nitrogens with zero attached hydrogens (tertiary/aromatic N) is 1. The minimum Gasteiger partial charge on any atom is -0.394 e. The van der Waals surface area contributed by atoms with Gasteiger partial charge < -0.3 is 15.4 Å². The molecule has 0 saturated carbocycles. The summed E-state index contributed by atoms with van der Waals surface area (Å²) in [4.78, 5) is 15.1. The van der Waals surface area contributed by atoms with Gasteiger partial charge in [0.05, 0.1) is 24.1 Å². The van der Waals surface area contributed by atoms with Crippen LogP contribution in [0.5, 0.6) is 0 Å². The van der Waals surface area contributed by atoms with Crippen molar-refractivity contribution >= 4 is 27.6 Å². The van der Waals surface area contributed by atoms with Crippen molar-refractivity contribution in [1.82, 2.24) is 14.6 Å². The minimum atomic E-state index is -3.39. The van der Waals surface area contributed by atoms with Crippen molar-refractivity contribution in [3.05, 3.63) is 54.0 Å². The van der Waals surface area contributed by atoms with Gasteiger partial charge in [-0.25, -0.2) is 4.39 Å². The Kier molecular flexibility index (Phi) is 4.64. The van der Waals surface area contributed by atoms with Crippen LogP contribution in [0.15, 0.2) is 47.5 Å². The van der Waals surface area contributed by atoms with Gasteiger partial charge in [0.1, 0.15) is 5.82 Å². The van der Waals surface area contributed by atoms with Crippen LogP contribution >= 0.6 is 10.8 Å². The fourth-order valence-electron chi connectivity index (χ4n) is 3.63. The lowest BCUT2D eigenvalue weighted by Gasteiger charge is -2.38. The molecule has 28 heavy (non-hydrogen) atoms. The number of amides is 1. The number of benzene rings is 2. The van der Waals surface area contributed by atoms with Crippen molar-refractivity contribution in [3.63, 3.8) is 0 Å². The van der Waals surface area contributed by atoms with Crippen LogP contribution in [0.4, 0.5) is 4.39 Å². The van der Waals surface area contributed by atoms with Crippen LogP contribution in [0.2, 0.25) is 0 Å². The van der Waals surface area contributed by atoms with Crippen molar-refractivity contribution in [1.29, 1.82) is 0 Å². The van der Waals surface area contributed by atoms with E-state index in [1.54, 1.807) is 30.5 Å². The Hall–Kier alpha value is -2.43. The number of aromatic amines is 1. The lowest BCUT2D eigenvalue weighted by atomic mass is 9.99. The number of fused-ring (bicyclic) bond motifs is 2. The van der Waals surface area contributed by atoms with Crippen LogP contribution in [0.1, 0.15) is 11.6 Å². The number of H-pyrrole nitrogens is 1. The third-order valence-corrected chi connectivity index (χ3v) is 7.04. The van der Waals surface area contributed by atoms with Crippen LogP contribution in [-0.2, 0) is 4.79 Å². The van der Waals surface area contributed by atoms with E-state index < -0.39 is 16.8 Å². The Balaban J connectivity index is 1.80. The molecule has 7 nitrogen and oxygen atoms in total. The van der Waals surface area contributed by atoms with Gasteiger partial charge in [-0.15, -0.1) is 10.8 Å². The van der Waals surface area contributed by atoms with Gasteiger partial charge in [-0.05, 0) is 41.5 Å². The molecular weight excluding hydrogens is 385 g/mol. The number of aromatic nitrogens is 1. The first-order valence-electron chi connectivity index (χ1n) is 8.64. The van der Waals surface area contributed by atoms with Crippen LogP contribution in [0, 0.1) is 5.82 Å². The number of nitrogens with one attached hydrogen (secondary N) is 2. The van der Waals surface area contributed by atoms with Gasteiger partial charge in [-0.1, -0.05) is 6.07 Å². The molecule has 148 valence electrons. The molecule has 0 fully saturated rings. The van der Waals surface area contributed by atoms with Crippen molar-refractivity contribution in [3.8, 4) is 11.1 Å². The number of aliphatic hydroxyl groups is 1. The Morgan fingerprint density at radius 1 is 1.29 bits per heavy atom. The highest BCUT2D eigenvalue weighted by molar-refractivity contribution is 8.22. The van der Waals surface area contributed by atoms with Gasteiger partial charge in [0.2, 0.25) is 5.91 Å². The number of hydrogen-bond donors (Lipinski definition) is 5. The van der Waals surface area contributed by atoms with Crippen LogP contribution in [0.3, 0.4) is 0 Å². The Morgan fingerprint density at radius 3 is 2.79 bits per heavy atom. The number of carbonyl (C=O) groups is 1. The fraction of sp³-hybridized carbons (Fsp3) is 0.211. The molecule has 0 saturated heterocycles. The molecular formula is C19H20FN3O4S. The Labute approximate surface area is 162 Å². The Morgan fingerprint density at radius 2 is 2.07 bits per heavy atom. The number of likely N-dealkylation sites (N-methyl/N-ethyl adjacent to an activating group) is 1. The molecule has 0 spiro atoms. The summed E-state index contributed by atoms with van der Waals surface area (Å²) in [7, 11) is -1.93. The van der Waals surface area contributed by atoms with E-state index in [4.69, 9.17) is 0 Å². The second-order valence-corrected chi connectivity index (χ2v) is 8.56. The largest absolute Gasteiger partial charge is 0.394 e. The summed E-state index contributed by atoms with van der Waals surface area (Å²) in [5, 5.41) is 13.2. The molecule has 1 amide bonds. The predicted molar refractivity (Wildman–Crippen MR) is 105 cm³/mol. The number of aliphatic hydroxyl groups excluding tert-OH is 1. The molecule has 0 bridgehead atoms. The Bertz CT molecular complexity index is 1070. The zero-order chi connectivity index (χ0) is 20.1. The van der Waals surface area contributed by atoms with E-state index in [1.165, 1.54) is 23.5 Å². The zero-order valence-electron chi connectivity index (χ0n) is 15.0. The van der Waals surface area contributed by atoms with Gasteiger partial charge in [0.15, 0.2) is 0 Å². The van der Waals surface area contributed by atoms with Gasteiger partial charge >= 0.3 is 0 Å². The van der Waals surface area contributed by atoms with Crippen molar-refractivity contribution in [2.75, 3.05) is 20.2 Å². The maximum absolute atomic E-state index is 13.4. The molecule has 0 radical (unpaired) electrons. The van der Waals surface area contributed by atoms with E-state index in [2.05, 4.69) is 10.3 Å². The number of carbonyl (C=O) groups excluding carboxylic acids is 1. The highest BCUT2D eigenvalue weighted by Gasteiger charge is 2.43. The monoisotopic (exact) mass is 405 g/mol. The molecule has 5 N–H and O–H groups in total. The molecule has 4 rings (SSSR count). The molecule has 1 atom stereocenters. The molecule has 1 aliphatic rings. The van der Waals surface area contributed by atoms with Crippen molar-refractivity contribution in [2.45, 2.75) is 10.9 Å². The van der Waals surface area contributed by atoms with Crippen LogP contribution < -0.4 is 5.32 Å². The lowest BCUT2D eigenvalue weighted by molar-refractivity contribution is -0.121. The van der Waals surface area contributed by atoms with E-state index in [9.17, 15) is 23.4 Å². The second kappa shape index (κ2) is 6.87. The van der Waals surface area contributed by atoms with Crippen LogP contribution in [0.25, 0.3) is 22.0 Å². The van der Waals surface area contributed by atoms with Crippen molar-refractivity contribution in [2.24, 2.45) is 0 Å². The molecule has 0 aliphatic carbocycles. The molecule has 2 aromatic carbocycles. The summed E-state index contributed by atoms with van der Waals surface area (Å²) in [5.41, 5.74) is 2.82. The average molecular weight is 405 g/mol. The topological polar surface area (TPSA) is 109 Å². The maximum Gasteiger partial charge on any atom is 0.235 e. The number of hydrogen-bond acceptors (Lipinski definition) is 5. The SMILES string of the molecule is CNC(=O)CN1C(CO)c2cc(-c3c[nH]c4cc(F)ccc34)ccc2S1(O)O. The molecule has 1 unspecified atom stereocenters. The maximum atomic E-state index is 13.4. The standard InChI is InChI=1S/C19H20FN3O4S/c1-21-19(25)9-23-17(10-24)14-6-11(2-5-18(14)28(23,26)27)15-8-22-16-7-12(20)3-4-13(15)16/h2-8,17,22,24,26-27H,9-10H2,1H3,(H,21,25). The normalized spacial score (nSPS) is 19.5. The molecule has 1 aliphatic heterocycles. The van der Waals surface area contributed by atoms with Gasteiger partial charge in [0, 0.05) is 29.7 Å². The molecule has 2 heterocycles. The second-order valence-electron chi connectivity index (χ2n) is 6.61. The zero-order valence-corrected chi connectivity index (χ0v) is 15.8. The summed E-state index contributed by atoms with van der Waals surface area (Å²) >= 11 is 0. The smallest absolute Gasteiger partial charge is 0.235 e. The van der Waals surface area contributed by atoms with E-state index >= 15 is 0 Å². The van der Waals surface area contributed by atoms with Gasteiger partial charge in [0.25, 0.3) is 0 Å². The summed E-state index contributed by atoms with van der Waals surface area (Å²) in [6.45, 7) is -0.622. The van der Waals surface area contributed by atoms with Crippen molar-refractivity contribution < 1.29 is 23.4 Å². The van der Waals surface area contributed by atoms with E-state index in [-0.39, 0.29) is 24.9 Å². The van der Waals surface area contributed by atoms with Gasteiger partial charge in [-0.3, -0.25) is 13.9 Å².